The van der Waals surface area contributed by atoms with Crippen LogP contribution in [0.3, 0.4) is 0 Å². The molecule has 17 heavy (non-hydrogen) atoms. The van der Waals surface area contributed by atoms with Gasteiger partial charge in [-0.25, -0.2) is 4.39 Å². The molecule has 1 heterocycles. The second-order valence-corrected chi connectivity index (χ2v) is 6.61. The standard InChI is InChI=1S/C11H4Br2ClFOS/c12-5-1-2-8(15)6(3-5)10(16)9-4-7(13)11(14)17-9/h1-4H. The number of hydrogen-bond donors (Lipinski definition) is 0. The van der Waals surface area contributed by atoms with E-state index >= 15 is 0 Å². The highest BCUT2D eigenvalue weighted by molar-refractivity contribution is 9.10. The fourth-order valence-corrected chi connectivity index (χ4v) is 3.28. The Kier molecular flexibility index (Phi) is 4.02. The molecule has 0 bridgehead atoms. The van der Waals surface area contributed by atoms with E-state index in [2.05, 4.69) is 31.9 Å². The minimum Gasteiger partial charge on any atom is -0.288 e. The highest BCUT2D eigenvalue weighted by atomic mass is 79.9. The van der Waals surface area contributed by atoms with E-state index < -0.39 is 5.82 Å². The molecule has 2 aromatic rings. The van der Waals surface area contributed by atoms with Gasteiger partial charge in [0.25, 0.3) is 0 Å². The summed E-state index contributed by atoms with van der Waals surface area (Å²) in [4.78, 5) is 12.5. The molecule has 6 heteroatoms. The molecule has 1 aromatic heterocycles. The van der Waals surface area contributed by atoms with Crippen LogP contribution in [0.15, 0.2) is 33.2 Å². The van der Waals surface area contributed by atoms with Gasteiger partial charge in [-0.15, -0.1) is 11.3 Å². The second-order valence-electron chi connectivity index (χ2n) is 3.19. The summed E-state index contributed by atoms with van der Waals surface area (Å²) < 4.78 is 15.3. The number of benzene rings is 1. The number of thiophene rings is 1. The maximum atomic E-state index is 13.5. The number of carbonyl (C=O) groups is 1. The van der Waals surface area contributed by atoms with Gasteiger partial charge in [-0.2, -0.15) is 0 Å². The highest BCUT2D eigenvalue weighted by Gasteiger charge is 2.18. The van der Waals surface area contributed by atoms with E-state index in [4.69, 9.17) is 11.6 Å². The van der Waals surface area contributed by atoms with Crippen molar-refractivity contribution in [3.05, 3.63) is 53.8 Å². The van der Waals surface area contributed by atoms with Crippen molar-refractivity contribution in [3.8, 4) is 0 Å². The van der Waals surface area contributed by atoms with Gasteiger partial charge in [-0.1, -0.05) is 27.5 Å². The third-order valence-corrected chi connectivity index (χ3v) is 5.01. The molecule has 0 saturated heterocycles. The summed E-state index contributed by atoms with van der Waals surface area (Å²) in [6.07, 6.45) is 0. The summed E-state index contributed by atoms with van der Waals surface area (Å²) in [6, 6.07) is 5.85. The Labute approximate surface area is 123 Å². The number of halogens is 4. The summed E-state index contributed by atoms with van der Waals surface area (Å²) in [6.45, 7) is 0. The Hall–Kier alpha value is -0.230. The zero-order valence-corrected chi connectivity index (χ0v) is 12.9. The Balaban J connectivity index is 2.47. The Morgan fingerprint density at radius 1 is 1.29 bits per heavy atom. The topological polar surface area (TPSA) is 17.1 Å². The summed E-state index contributed by atoms with van der Waals surface area (Å²) in [5.74, 6) is -0.916. The van der Waals surface area contributed by atoms with Gasteiger partial charge in [-0.05, 0) is 40.2 Å². The molecule has 2 rings (SSSR count). The molecule has 0 atom stereocenters. The van der Waals surface area contributed by atoms with Crippen molar-refractivity contribution in [1.29, 1.82) is 0 Å². The van der Waals surface area contributed by atoms with Gasteiger partial charge in [0.2, 0.25) is 5.78 Å². The maximum Gasteiger partial charge on any atom is 0.206 e. The first-order valence-corrected chi connectivity index (χ1v) is 7.21. The predicted molar refractivity (Wildman–Crippen MR) is 74.6 cm³/mol. The van der Waals surface area contributed by atoms with Crippen molar-refractivity contribution in [2.75, 3.05) is 0 Å². The van der Waals surface area contributed by atoms with Crippen LogP contribution in [0.4, 0.5) is 4.39 Å². The van der Waals surface area contributed by atoms with Crippen LogP contribution in [0.2, 0.25) is 4.34 Å². The maximum absolute atomic E-state index is 13.5. The van der Waals surface area contributed by atoms with Gasteiger partial charge in [0, 0.05) is 8.95 Å². The lowest BCUT2D eigenvalue weighted by Crippen LogP contribution is -2.01. The molecule has 0 aliphatic heterocycles. The number of hydrogen-bond acceptors (Lipinski definition) is 2. The monoisotopic (exact) mass is 396 g/mol. The van der Waals surface area contributed by atoms with Crippen LogP contribution >= 0.6 is 54.8 Å². The lowest BCUT2D eigenvalue weighted by molar-refractivity contribution is 0.103. The molecule has 0 N–H and O–H groups in total. The first kappa shape index (κ1) is 13.2. The first-order valence-electron chi connectivity index (χ1n) is 4.43. The molecular weight excluding hydrogens is 394 g/mol. The average molecular weight is 398 g/mol. The number of ketones is 1. The van der Waals surface area contributed by atoms with Crippen molar-refractivity contribution in [1.82, 2.24) is 0 Å². The normalized spacial score (nSPS) is 10.6. The highest BCUT2D eigenvalue weighted by Crippen LogP contribution is 2.33. The van der Waals surface area contributed by atoms with E-state index in [-0.39, 0.29) is 11.3 Å². The van der Waals surface area contributed by atoms with Crippen LogP contribution in [-0.2, 0) is 0 Å². The fourth-order valence-electron chi connectivity index (χ4n) is 1.26. The molecule has 0 radical (unpaired) electrons. The van der Waals surface area contributed by atoms with Gasteiger partial charge >= 0.3 is 0 Å². The van der Waals surface area contributed by atoms with E-state index in [1.54, 1.807) is 12.1 Å². The molecule has 88 valence electrons. The van der Waals surface area contributed by atoms with Crippen LogP contribution in [0, 0.1) is 5.82 Å². The summed E-state index contributed by atoms with van der Waals surface area (Å²) >= 11 is 13.4. The Morgan fingerprint density at radius 3 is 2.59 bits per heavy atom. The van der Waals surface area contributed by atoms with Crippen LogP contribution in [-0.4, -0.2) is 5.78 Å². The third-order valence-electron chi connectivity index (χ3n) is 2.04. The molecule has 0 aliphatic carbocycles. The largest absolute Gasteiger partial charge is 0.288 e. The molecule has 0 saturated carbocycles. The molecule has 1 aromatic carbocycles. The quantitative estimate of drug-likeness (QED) is 0.628. The summed E-state index contributed by atoms with van der Waals surface area (Å²) in [5.41, 5.74) is 0.0322. The summed E-state index contributed by atoms with van der Waals surface area (Å²) in [7, 11) is 0. The van der Waals surface area contributed by atoms with Crippen LogP contribution in [0.25, 0.3) is 0 Å². The van der Waals surface area contributed by atoms with Crippen molar-refractivity contribution in [2.24, 2.45) is 0 Å². The molecule has 1 nitrogen and oxygen atoms in total. The molecule has 0 unspecified atom stereocenters. The van der Waals surface area contributed by atoms with Crippen molar-refractivity contribution >= 4 is 60.6 Å². The minimum atomic E-state index is -0.543. The molecular formula is C11H4Br2ClFOS. The smallest absolute Gasteiger partial charge is 0.206 e. The third kappa shape index (κ3) is 2.78. The van der Waals surface area contributed by atoms with E-state index in [1.807, 2.05) is 0 Å². The van der Waals surface area contributed by atoms with Crippen molar-refractivity contribution < 1.29 is 9.18 Å². The lowest BCUT2D eigenvalue weighted by Gasteiger charge is -2.00. The molecule has 0 fully saturated rings. The van der Waals surface area contributed by atoms with Gasteiger partial charge < -0.3 is 0 Å². The summed E-state index contributed by atoms with van der Waals surface area (Å²) in [5, 5.41) is 0. The van der Waals surface area contributed by atoms with Crippen LogP contribution in [0.1, 0.15) is 15.2 Å². The zero-order chi connectivity index (χ0) is 12.6. The number of carbonyl (C=O) groups excluding carboxylic acids is 1. The van der Waals surface area contributed by atoms with Crippen LogP contribution < -0.4 is 0 Å². The van der Waals surface area contributed by atoms with Gasteiger partial charge in [0.15, 0.2) is 0 Å². The Morgan fingerprint density at radius 2 is 2.00 bits per heavy atom. The Bertz CT molecular complexity index is 578. The number of rotatable bonds is 2. The van der Waals surface area contributed by atoms with Gasteiger partial charge in [0.1, 0.15) is 10.2 Å². The predicted octanol–water partition coefficient (Wildman–Crippen LogP) is 5.30. The van der Waals surface area contributed by atoms with Crippen molar-refractivity contribution in [3.63, 3.8) is 0 Å². The van der Waals surface area contributed by atoms with Gasteiger partial charge in [-0.3, -0.25) is 4.79 Å². The van der Waals surface area contributed by atoms with E-state index in [0.717, 1.165) is 11.3 Å². The second kappa shape index (κ2) is 5.18. The van der Waals surface area contributed by atoms with Crippen molar-refractivity contribution in [2.45, 2.75) is 0 Å². The van der Waals surface area contributed by atoms with Gasteiger partial charge in [0.05, 0.1) is 10.4 Å². The minimum absolute atomic E-state index is 0.0322. The first-order chi connectivity index (χ1) is 7.99. The van der Waals surface area contributed by atoms with E-state index in [0.29, 0.717) is 18.2 Å². The lowest BCUT2D eigenvalue weighted by atomic mass is 10.1. The average Bonchev–Trinajstić information content (AvgIpc) is 2.62. The molecule has 0 spiro atoms. The fraction of sp³-hybridized carbons (Fsp3) is 0. The van der Waals surface area contributed by atoms with Crippen LogP contribution in [0.5, 0.6) is 0 Å². The zero-order valence-electron chi connectivity index (χ0n) is 8.14. The molecule has 0 aliphatic rings. The van der Waals surface area contributed by atoms with E-state index in [9.17, 15) is 9.18 Å². The SMILES string of the molecule is O=C(c1cc(Br)c(Cl)s1)c1cc(Br)ccc1F. The molecule has 0 amide bonds. The van der Waals surface area contributed by atoms with E-state index in [1.165, 1.54) is 12.1 Å².